The molecule has 1 heterocycles. The number of carbonyl (C=O) groups is 6. The minimum atomic E-state index is -1.32. The van der Waals surface area contributed by atoms with Crippen molar-refractivity contribution in [3.05, 3.63) is 75.3 Å². The molecule has 0 fully saturated rings. The van der Waals surface area contributed by atoms with E-state index in [-0.39, 0.29) is 116 Å². The third kappa shape index (κ3) is 18.0. The van der Waals surface area contributed by atoms with Gasteiger partial charge in [-0.05, 0) is 55.7 Å². The van der Waals surface area contributed by atoms with Crippen LogP contribution in [0.4, 0.5) is 11.4 Å². The highest BCUT2D eigenvalue weighted by molar-refractivity contribution is 6.38. The number of anilines is 2. The Bertz CT molecular complexity index is 2140. The van der Waals surface area contributed by atoms with Crippen LogP contribution in [0.2, 0.25) is 10.0 Å². The summed E-state index contributed by atoms with van der Waals surface area (Å²) < 4.78 is 22.1. The summed E-state index contributed by atoms with van der Waals surface area (Å²) in [5, 5.41) is 44.0. The van der Waals surface area contributed by atoms with Crippen LogP contribution < -0.4 is 31.3 Å². The lowest BCUT2D eigenvalue weighted by molar-refractivity contribution is -0.138. The second-order valence-corrected chi connectivity index (χ2v) is 15.1. The van der Waals surface area contributed by atoms with Crippen LogP contribution in [0.25, 0.3) is 0 Å². The lowest BCUT2D eigenvalue weighted by Gasteiger charge is -2.21. The van der Waals surface area contributed by atoms with Crippen molar-refractivity contribution in [3.63, 3.8) is 0 Å². The number of aromatic hydroxyl groups is 2. The number of phenolic OH excluding ortho intramolecular Hbond substituents is 2. The number of phenols is 2. The van der Waals surface area contributed by atoms with E-state index < -0.39 is 42.5 Å². The van der Waals surface area contributed by atoms with Crippen LogP contribution in [-0.4, -0.2) is 122 Å². The van der Waals surface area contributed by atoms with Crippen molar-refractivity contribution in [1.29, 1.82) is 0 Å². The largest absolute Gasteiger partial charge is 0.508 e. The van der Waals surface area contributed by atoms with Crippen molar-refractivity contribution in [2.24, 2.45) is 4.99 Å². The number of ether oxygens (including phenoxy) is 4. The molecule has 1 aliphatic rings. The van der Waals surface area contributed by atoms with Gasteiger partial charge in [-0.1, -0.05) is 35.3 Å². The van der Waals surface area contributed by atoms with Gasteiger partial charge in [0, 0.05) is 48.1 Å². The average Bonchev–Trinajstić information content (AvgIpc) is 3.24. The van der Waals surface area contributed by atoms with Gasteiger partial charge in [-0.15, -0.1) is 0 Å². The number of nitrogens with zero attached hydrogens (tertiary/aromatic N) is 1. The molecule has 19 nitrogen and oxygen atoms in total. The second kappa shape index (κ2) is 26.6. The van der Waals surface area contributed by atoms with Gasteiger partial charge in [-0.3, -0.25) is 33.8 Å². The Kier molecular flexibility index (Phi) is 21.0. The number of aliphatic imine (C=N–C) groups is 1. The molecule has 4 rings (SSSR count). The number of Topliss-reactive ketones (excluding diaryl/α,β-unsaturated/α-hetero) is 2. The molecule has 64 heavy (non-hydrogen) atoms. The maximum atomic E-state index is 12.9. The molecule has 0 aliphatic carbocycles. The maximum Gasteiger partial charge on any atom is 0.305 e. The number of ketones is 2. The highest BCUT2D eigenvalue weighted by atomic mass is 35.5. The molecule has 0 aromatic heterocycles. The number of hydrogen-bond donors (Lipinski definition) is 8. The Balaban J connectivity index is 1.11. The molecule has 0 spiro atoms. The summed E-state index contributed by atoms with van der Waals surface area (Å²) in [5.41, 5.74) is 1.86. The number of aryl methyl sites for hydroxylation is 1. The number of carbonyl (C=O) groups excluding carboxylic acids is 5. The lowest BCUT2D eigenvalue weighted by atomic mass is 10.0. The molecule has 3 aromatic carbocycles. The SMILES string of the molecule is CC(=O)CC(=O)CCc1ccc(NC(=O)CCOCCOCCOCCOc2c(Cl)cc(C(CC(=O)O)NC(=O)CNC(=O)c3cc(O)cc(NC4=NCCCN4)c3)c(O)c2Cl)cc1. The molecule has 3 amide bonds. The second-order valence-electron chi connectivity index (χ2n) is 14.3. The van der Waals surface area contributed by atoms with E-state index >= 15 is 0 Å². The Morgan fingerprint density at radius 1 is 0.844 bits per heavy atom. The molecule has 3 aromatic rings. The number of halogens is 2. The molecule has 0 saturated heterocycles. The van der Waals surface area contributed by atoms with Gasteiger partial charge in [0.05, 0.1) is 76.5 Å². The minimum absolute atomic E-state index is 0.0336. The fourth-order valence-corrected chi connectivity index (χ4v) is 6.61. The van der Waals surface area contributed by atoms with E-state index in [1.165, 1.54) is 31.2 Å². The van der Waals surface area contributed by atoms with E-state index in [0.29, 0.717) is 36.8 Å². The summed E-state index contributed by atoms with van der Waals surface area (Å²) in [6.45, 7) is 3.35. The first-order chi connectivity index (χ1) is 30.7. The molecule has 0 saturated carbocycles. The van der Waals surface area contributed by atoms with E-state index in [1.807, 2.05) is 12.1 Å². The molecule has 0 radical (unpaired) electrons. The first-order valence-corrected chi connectivity index (χ1v) is 21.1. The van der Waals surface area contributed by atoms with Crippen molar-refractivity contribution in [1.82, 2.24) is 16.0 Å². The highest BCUT2D eigenvalue weighted by Crippen LogP contribution is 2.44. The quantitative estimate of drug-likeness (QED) is 0.0394. The number of amides is 3. The van der Waals surface area contributed by atoms with Gasteiger partial charge in [0.25, 0.3) is 5.91 Å². The topological polar surface area (TPSA) is 273 Å². The van der Waals surface area contributed by atoms with Crippen LogP contribution in [0.3, 0.4) is 0 Å². The lowest BCUT2D eigenvalue weighted by Crippen LogP contribution is -2.39. The van der Waals surface area contributed by atoms with E-state index in [9.17, 15) is 44.1 Å². The van der Waals surface area contributed by atoms with Crippen molar-refractivity contribution in [2.45, 2.75) is 51.5 Å². The minimum Gasteiger partial charge on any atom is -0.508 e. The van der Waals surface area contributed by atoms with Crippen LogP contribution in [0.1, 0.15) is 66.6 Å². The molecule has 1 unspecified atom stereocenters. The van der Waals surface area contributed by atoms with Gasteiger partial charge in [-0.2, -0.15) is 0 Å². The Morgan fingerprint density at radius 2 is 1.53 bits per heavy atom. The molecule has 1 atom stereocenters. The van der Waals surface area contributed by atoms with Crippen LogP contribution in [-0.2, 0) is 44.6 Å². The van der Waals surface area contributed by atoms with E-state index in [4.69, 9.17) is 42.1 Å². The zero-order chi connectivity index (χ0) is 46.4. The predicted octanol–water partition coefficient (Wildman–Crippen LogP) is 4.17. The zero-order valence-electron chi connectivity index (χ0n) is 35.1. The van der Waals surface area contributed by atoms with Gasteiger partial charge in [0.15, 0.2) is 11.7 Å². The average molecular weight is 932 g/mol. The number of aliphatic carboxylic acids is 1. The number of carboxylic acid groups (broad SMARTS) is 1. The third-order valence-electron chi connectivity index (χ3n) is 9.09. The summed E-state index contributed by atoms with van der Waals surface area (Å²) in [4.78, 5) is 76.8. The molecule has 0 bridgehead atoms. The van der Waals surface area contributed by atoms with Crippen LogP contribution >= 0.6 is 23.2 Å². The fraction of sp³-hybridized carbons (Fsp3) is 0.419. The highest BCUT2D eigenvalue weighted by Gasteiger charge is 2.26. The summed E-state index contributed by atoms with van der Waals surface area (Å²) in [6.07, 6.45) is 1.08. The molecule has 21 heteroatoms. The van der Waals surface area contributed by atoms with Crippen molar-refractivity contribution in [2.75, 3.05) is 76.5 Å². The number of rotatable bonds is 27. The molecule has 1 aliphatic heterocycles. The molecule has 8 N–H and O–H groups in total. The Labute approximate surface area is 379 Å². The van der Waals surface area contributed by atoms with E-state index in [0.717, 1.165) is 12.0 Å². The summed E-state index contributed by atoms with van der Waals surface area (Å²) in [6, 6.07) is 11.1. The number of benzene rings is 3. The van der Waals surface area contributed by atoms with Crippen LogP contribution in [0.5, 0.6) is 17.2 Å². The third-order valence-corrected chi connectivity index (χ3v) is 9.72. The van der Waals surface area contributed by atoms with E-state index in [1.54, 1.807) is 12.1 Å². The van der Waals surface area contributed by atoms with Gasteiger partial charge < -0.3 is 60.9 Å². The van der Waals surface area contributed by atoms with Crippen molar-refractivity contribution >= 4 is 75.8 Å². The molecule has 346 valence electrons. The number of hydrogen-bond acceptors (Lipinski definition) is 15. The zero-order valence-corrected chi connectivity index (χ0v) is 36.6. The van der Waals surface area contributed by atoms with Crippen LogP contribution in [0.15, 0.2) is 53.5 Å². The molecular formula is C43H52Cl2N6O13. The van der Waals surface area contributed by atoms with Crippen LogP contribution in [0, 0.1) is 0 Å². The number of nitrogens with one attached hydrogen (secondary N) is 5. The normalized spacial score (nSPS) is 12.6. The standard InChI is InChI=1S/C43H52Cl2N6O13/c1-26(52)19-31(53)8-5-27-3-6-29(7-4-27)49-36(55)9-12-61-13-14-62-15-16-63-17-18-64-41-34(44)23-33(40(59)39(41)45)35(24-38(57)58)51-37(56)25-48-42(60)28-20-30(22-32(54)21-28)50-43-46-10-2-11-47-43/h3-4,6-7,20-23,35,54,59H,2,5,8-19,24-25H2,1H3,(H,48,60)(H,49,55)(H,51,56)(H,57,58)(H2,46,47,50). The van der Waals surface area contributed by atoms with Gasteiger partial charge in [-0.25, -0.2) is 0 Å². The number of carboxylic acids is 1. The van der Waals surface area contributed by atoms with Gasteiger partial charge in [0.1, 0.15) is 34.7 Å². The first-order valence-electron chi connectivity index (χ1n) is 20.3. The number of guanidine groups is 1. The maximum absolute atomic E-state index is 12.9. The van der Waals surface area contributed by atoms with Gasteiger partial charge in [0.2, 0.25) is 11.8 Å². The van der Waals surface area contributed by atoms with Crippen molar-refractivity contribution in [3.8, 4) is 17.2 Å². The summed E-state index contributed by atoms with van der Waals surface area (Å²) >= 11 is 12.8. The Morgan fingerprint density at radius 3 is 2.19 bits per heavy atom. The smallest absolute Gasteiger partial charge is 0.305 e. The van der Waals surface area contributed by atoms with E-state index in [2.05, 4.69) is 31.6 Å². The van der Waals surface area contributed by atoms with Crippen molar-refractivity contribution < 1.29 is 63.0 Å². The Hall–Kier alpha value is -5.99. The first kappa shape index (κ1) is 50.7. The summed E-state index contributed by atoms with van der Waals surface area (Å²) in [7, 11) is 0. The predicted molar refractivity (Wildman–Crippen MR) is 237 cm³/mol. The summed E-state index contributed by atoms with van der Waals surface area (Å²) in [5.74, 6) is -3.69. The van der Waals surface area contributed by atoms with Gasteiger partial charge >= 0.3 is 5.97 Å². The fourth-order valence-electron chi connectivity index (χ4n) is 6.03. The monoisotopic (exact) mass is 930 g/mol. The molecular weight excluding hydrogens is 879 g/mol.